The fourth-order valence-electron chi connectivity index (χ4n) is 2.28. The van der Waals surface area contributed by atoms with Crippen molar-refractivity contribution >= 4 is 17.4 Å². The van der Waals surface area contributed by atoms with Crippen LogP contribution in [0, 0.1) is 0 Å². The van der Waals surface area contributed by atoms with Crippen LogP contribution in [0.25, 0.3) is 0 Å². The van der Waals surface area contributed by atoms with Crippen LogP contribution in [0.2, 0.25) is 0 Å². The van der Waals surface area contributed by atoms with Crippen molar-refractivity contribution in [1.82, 2.24) is 10.6 Å². The fraction of sp³-hybridized carbons (Fsp3) is 0.267. The van der Waals surface area contributed by atoms with Crippen molar-refractivity contribution in [2.45, 2.75) is 19.0 Å². The molecular weight excluding hydrogens is 272 g/mol. The first-order chi connectivity index (χ1) is 9.83. The van der Waals surface area contributed by atoms with Gasteiger partial charge in [0.15, 0.2) is 0 Å². The van der Waals surface area contributed by atoms with E-state index in [-0.39, 0.29) is 12.1 Å². The molecule has 20 heavy (non-hydrogen) atoms. The number of carbonyl (C=O) groups is 1. The first kappa shape index (κ1) is 13.0. The lowest BCUT2D eigenvalue weighted by Crippen LogP contribution is -2.39. The Kier molecular flexibility index (Phi) is 3.87. The minimum Gasteiger partial charge on any atom is -0.493 e. The van der Waals surface area contributed by atoms with Crippen molar-refractivity contribution < 1.29 is 9.53 Å². The zero-order valence-electron chi connectivity index (χ0n) is 11.0. The molecule has 2 aromatic rings. The number of benzene rings is 1. The number of hydrogen-bond donors (Lipinski definition) is 2. The standard InChI is InChI=1S/C15H16N2O2S/c18-15(16-10-11-4-3-9-20-11)17-13-7-8-19-14-6-2-1-5-12(13)14/h1-6,9,13H,7-8,10H2,(H2,16,17,18). The van der Waals surface area contributed by atoms with Crippen LogP contribution in [-0.4, -0.2) is 12.6 Å². The Morgan fingerprint density at radius 2 is 2.20 bits per heavy atom. The van der Waals surface area contributed by atoms with Gasteiger partial charge < -0.3 is 15.4 Å². The number of carbonyl (C=O) groups excluding carboxylic acids is 1. The van der Waals surface area contributed by atoms with Crippen LogP contribution in [0.1, 0.15) is 22.9 Å². The maximum absolute atomic E-state index is 12.0. The molecule has 1 aliphatic heterocycles. The highest BCUT2D eigenvalue weighted by Gasteiger charge is 2.22. The van der Waals surface area contributed by atoms with E-state index >= 15 is 0 Å². The highest BCUT2D eigenvalue weighted by Crippen LogP contribution is 2.31. The second kappa shape index (κ2) is 5.96. The first-order valence-electron chi connectivity index (χ1n) is 6.61. The van der Waals surface area contributed by atoms with E-state index < -0.39 is 0 Å². The van der Waals surface area contributed by atoms with E-state index in [2.05, 4.69) is 10.6 Å². The van der Waals surface area contributed by atoms with Crippen LogP contribution in [0.3, 0.4) is 0 Å². The largest absolute Gasteiger partial charge is 0.493 e. The van der Waals surface area contributed by atoms with Gasteiger partial charge in [0.1, 0.15) is 5.75 Å². The molecule has 2 amide bonds. The van der Waals surface area contributed by atoms with E-state index in [9.17, 15) is 4.79 Å². The van der Waals surface area contributed by atoms with Gasteiger partial charge in [-0.15, -0.1) is 11.3 Å². The monoisotopic (exact) mass is 288 g/mol. The molecular formula is C15H16N2O2S. The average Bonchev–Trinajstić information content (AvgIpc) is 2.99. The molecule has 0 fully saturated rings. The molecule has 3 rings (SSSR count). The molecule has 1 unspecified atom stereocenters. The zero-order valence-corrected chi connectivity index (χ0v) is 11.8. The van der Waals surface area contributed by atoms with Gasteiger partial charge in [-0.25, -0.2) is 4.79 Å². The molecule has 0 saturated carbocycles. The summed E-state index contributed by atoms with van der Waals surface area (Å²) in [5, 5.41) is 7.90. The lowest BCUT2D eigenvalue weighted by Gasteiger charge is -2.26. The van der Waals surface area contributed by atoms with Crippen molar-refractivity contribution in [3.8, 4) is 5.75 Å². The number of thiophene rings is 1. The van der Waals surface area contributed by atoms with Gasteiger partial charge in [0, 0.05) is 16.9 Å². The SMILES string of the molecule is O=C(NCc1cccs1)NC1CCOc2ccccc21. The number of fused-ring (bicyclic) bond motifs is 1. The van der Waals surface area contributed by atoms with Gasteiger partial charge >= 0.3 is 6.03 Å². The van der Waals surface area contributed by atoms with Gasteiger partial charge in [0.05, 0.1) is 19.2 Å². The lowest BCUT2D eigenvalue weighted by atomic mass is 10.0. The molecule has 0 spiro atoms. The Morgan fingerprint density at radius 1 is 1.30 bits per heavy atom. The van der Waals surface area contributed by atoms with Gasteiger partial charge in [-0.1, -0.05) is 24.3 Å². The maximum Gasteiger partial charge on any atom is 0.315 e. The summed E-state index contributed by atoms with van der Waals surface area (Å²) in [6.07, 6.45) is 0.795. The molecule has 1 aliphatic rings. The Morgan fingerprint density at radius 3 is 3.05 bits per heavy atom. The molecule has 2 heterocycles. The number of para-hydroxylation sites is 1. The zero-order chi connectivity index (χ0) is 13.8. The molecule has 5 heteroatoms. The number of rotatable bonds is 3. The van der Waals surface area contributed by atoms with E-state index in [1.807, 2.05) is 41.8 Å². The van der Waals surface area contributed by atoms with E-state index in [1.54, 1.807) is 11.3 Å². The average molecular weight is 288 g/mol. The lowest BCUT2D eigenvalue weighted by molar-refractivity contribution is 0.223. The highest BCUT2D eigenvalue weighted by molar-refractivity contribution is 7.09. The van der Waals surface area contributed by atoms with Crippen LogP contribution in [0.4, 0.5) is 4.79 Å². The maximum atomic E-state index is 12.0. The molecule has 1 atom stereocenters. The molecule has 1 aromatic heterocycles. The highest BCUT2D eigenvalue weighted by atomic mass is 32.1. The number of amides is 2. The van der Waals surface area contributed by atoms with Gasteiger partial charge in [-0.05, 0) is 17.5 Å². The summed E-state index contributed by atoms with van der Waals surface area (Å²) in [4.78, 5) is 13.1. The topological polar surface area (TPSA) is 50.4 Å². The molecule has 0 bridgehead atoms. The molecule has 0 aliphatic carbocycles. The van der Waals surface area contributed by atoms with E-state index in [0.717, 1.165) is 22.6 Å². The predicted molar refractivity (Wildman–Crippen MR) is 79.0 cm³/mol. The van der Waals surface area contributed by atoms with Gasteiger partial charge in [0.25, 0.3) is 0 Å². The van der Waals surface area contributed by atoms with E-state index in [4.69, 9.17) is 4.74 Å². The summed E-state index contributed by atoms with van der Waals surface area (Å²) in [5.74, 6) is 0.863. The molecule has 4 nitrogen and oxygen atoms in total. The molecule has 0 saturated heterocycles. The Bertz CT molecular complexity index is 583. The number of urea groups is 1. The quantitative estimate of drug-likeness (QED) is 0.912. The van der Waals surface area contributed by atoms with Gasteiger partial charge in [-0.2, -0.15) is 0 Å². The predicted octanol–water partition coefficient (Wildman–Crippen LogP) is 3.07. The Labute approximate surface area is 121 Å². The summed E-state index contributed by atoms with van der Waals surface area (Å²) >= 11 is 1.64. The second-order valence-corrected chi connectivity index (χ2v) is 5.67. The molecule has 2 N–H and O–H groups in total. The van der Waals surface area contributed by atoms with Gasteiger partial charge in [-0.3, -0.25) is 0 Å². The summed E-state index contributed by atoms with van der Waals surface area (Å²) < 4.78 is 5.58. The third kappa shape index (κ3) is 2.93. The molecule has 0 radical (unpaired) electrons. The summed E-state index contributed by atoms with van der Waals surface area (Å²) in [7, 11) is 0. The summed E-state index contributed by atoms with van der Waals surface area (Å²) in [5.41, 5.74) is 1.05. The summed E-state index contributed by atoms with van der Waals surface area (Å²) in [6, 6.07) is 11.7. The van der Waals surface area contributed by atoms with Crippen LogP contribution in [0.15, 0.2) is 41.8 Å². The van der Waals surface area contributed by atoms with E-state index in [1.165, 1.54) is 0 Å². The normalized spacial score (nSPS) is 16.9. The summed E-state index contributed by atoms with van der Waals surface area (Å²) in [6.45, 7) is 1.20. The molecule has 104 valence electrons. The third-order valence-corrected chi connectivity index (χ3v) is 4.14. The Balaban J connectivity index is 1.59. The van der Waals surface area contributed by atoms with Crippen molar-refractivity contribution in [2.75, 3.05) is 6.61 Å². The minimum atomic E-state index is -0.139. The fourth-order valence-corrected chi connectivity index (χ4v) is 2.93. The van der Waals surface area contributed by atoms with Crippen molar-refractivity contribution in [3.63, 3.8) is 0 Å². The first-order valence-corrected chi connectivity index (χ1v) is 7.49. The van der Waals surface area contributed by atoms with Gasteiger partial charge in [0.2, 0.25) is 0 Å². The van der Waals surface area contributed by atoms with Crippen LogP contribution in [-0.2, 0) is 6.54 Å². The third-order valence-electron chi connectivity index (χ3n) is 3.27. The minimum absolute atomic E-state index is 0.0169. The number of hydrogen-bond acceptors (Lipinski definition) is 3. The molecule has 1 aromatic carbocycles. The van der Waals surface area contributed by atoms with E-state index in [0.29, 0.717) is 13.2 Å². The van der Waals surface area contributed by atoms with Crippen molar-refractivity contribution in [3.05, 3.63) is 52.2 Å². The van der Waals surface area contributed by atoms with Crippen molar-refractivity contribution in [1.29, 1.82) is 0 Å². The van der Waals surface area contributed by atoms with Crippen molar-refractivity contribution in [2.24, 2.45) is 0 Å². The number of nitrogens with one attached hydrogen (secondary N) is 2. The smallest absolute Gasteiger partial charge is 0.315 e. The van der Waals surface area contributed by atoms with Crippen LogP contribution < -0.4 is 15.4 Å². The second-order valence-electron chi connectivity index (χ2n) is 4.63. The van der Waals surface area contributed by atoms with Crippen LogP contribution in [0.5, 0.6) is 5.75 Å². The van der Waals surface area contributed by atoms with Crippen LogP contribution >= 0.6 is 11.3 Å². The number of ether oxygens (including phenoxy) is 1. The Hall–Kier alpha value is -2.01.